The number of alkyl halides is 3. The van der Waals surface area contributed by atoms with Crippen LogP contribution in [0.1, 0.15) is 17.0 Å². The normalized spacial score (nSPS) is 15.8. The van der Waals surface area contributed by atoms with Crippen LogP contribution in [0.3, 0.4) is 0 Å². The van der Waals surface area contributed by atoms with E-state index in [-0.39, 0.29) is 18.2 Å². The topological polar surface area (TPSA) is 53.9 Å². The van der Waals surface area contributed by atoms with E-state index < -0.39 is 12.4 Å². The van der Waals surface area contributed by atoms with Gasteiger partial charge in [-0.1, -0.05) is 47.5 Å². The first-order valence-electron chi connectivity index (χ1n) is 9.72. The van der Waals surface area contributed by atoms with Crippen molar-refractivity contribution in [2.45, 2.75) is 12.3 Å². The summed E-state index contributed by atoms with van der Waals surface area (Å²) in [6, 6.07) is 18.8. The number of hydrogen-bond acceptors (Lipinski definition) is 3. The molecule has 4 rings (SSSR count). The average molecular weight is 494 g/mol. The van der Waals surface area contributed by atoms with E-state index in [1.165, 1.54) is 17.1 Å². The molecule has 1 unspecified atom stereocenters. The predicted molar refractivity (Wildman–Crippen MR) is 121 cm³/mol. The van der Waals surface area contributed by atoms with E-state index in [1.807, 2.05) is 24.3 Å². The van der Waals surface area contributed by atoms with Gasteiger partial charge in [0.2, 0.25) is 0 Å². The molecule has 0 aliphatic carbocycles. The Labute approximate surface area is 197 Å². The van der Waals surface area contributed by atoms with E-state index in [0.717, 1.165) is 23.3 Å². The Morgan fingerprint density at radius 1 is 0.939 bits per heavy atom. The van der Waals surface area contributed by atoms with Crippen LogP contribution in [-0.2, 0) is 0 Å². The van der Waals surface area contributed by atoms with Crippen molar-refractivity contribution in [1.29, 1.82) is 0 Å². The number of carbonyl (C=O) groups excluding carboxylic acids is 1. The molecule has 2 amide bonds. The first-order valence-corrected chi connectivity index (χ1v) is 10.5. The Hall–Kier alpha value is -3.23. The van der Waals surface area contributed by atoms with Crippen LogP contribution in [0.2, 0.25) is 10.0 Å². The fourth-order valence-corrected chi connectivity index (χ4v) is 3.65. The molecule has 0 spiro atoms. The fourth-order valence-electron chi connectivity index (χ4n) is 3.39. The van der Waals surface area contributed by atoms with E-state index >= 15 is 0 Å². The van der Waals surface area contributed by atoms with Crippen LogP contribution in [0.5, 0.6) is 5.75 Å². The lowest BCUT2D eigenvalue weighted by molar-refractivity contribution is -0.274. The quantitative estimate of drug-likeness (QED) is 0.428. The van der Waals surface area contributed by atoms with Crippen LogP contribution in [0, 0.1) is 0 Å². The minimum Gasteiger partial charge on any atom is -0.406 e. The summed E-state index contributed by atoms with van der Waals surface area (Å²) in [4.78, 5) is 12.8. The van der Waals surface area contributed by atoms with Crippen molar-refractivity contribution >= 4 is 40.6 Å². The van der Waals surface area contributed by atoms with Crippen molar-refractivity contribution in [1.82, 2.24) is 5.01 Å². The number of amides is 2. The molecule has 1 N–H and O–H groups in total. The largest absolute Gasteiger partial charge is 0.573 e. The van der Waals surface area contributed by atoms with Gasteiger partial charge in [-0.05, 0) is 59.7 Å². The zero-order chi connectivity index (χ0) is 23.6. The number of carbonyl (C=O) groups is 1. The molecule has 1 atom stereocenters. The molecular weight excluding hydrogens is 478 g/mol. The highest BCUT2D eigenvalue weighted by Crippen LogP contribution is 2.31. The summed E-state index contributed by atoms with van der Waals surface area (Å²) < 4.78 is 40.8. The van der Waals surface area contributed by atoms with Crippen molar-refractivity contribution in [3.8, 4) is 5.75 Å². The molecule has 1 heterocycles. The first-order chi connectivity index (χ1) is 15.7. The molecule has 170 valence electrons. The number of urea groups is 1. The second kappa shape index (κ2) is 9.33. The lowest BCUT2D eigenvalue weighted by atomic mass is 9.91. The Balaban J connectivity index is 1.55. The molecule has 5 nitrogen and oxygen atoms in total. The van der Waals surface area contributed by atoms with Crippen LogP contribution in [0.4, 0.5) is 23.7 Å². The SMILES string of the molecule is O=C(Nc1ccc(OC(F)(F)F)cc1)N1CC(c2ccc(Cl)cc2)C(c2ccc(Cl)cc2)=N1. The standard InChI is InChI=1S/C23H16Cl2F3N3O2/c24-16-5-1-14(2-6-16)20-13-31(30-21(20)15-3-7-17(25)8-4-15)22(32)29-18-9-11-19(12-10-18)33-23(26,27)28/h1-12,20H,13H2,(H,29,32). The Morgan fingerprint density at radius 2 is 1.52 bits per heavy atom. The van der Waals surface area contributed by atoms with Crippen molar-refractivity contribution < 1.29 is 22.7 Å². The Bertz CT molecular complexity index is 1170. The molecule has 1 aliphatic rings. The van der Waals surface area contributed by atoms with Gasteiger partial charge in [-0.15, -0.1) is 13.2 Å². The van der Waals surface area contributed by atoms with E-state index in [1.54, 1.807) is 24.3 Å². The van der Waals surface area contributed by atoms with Crippen molar-refractivity contribution in [2.75, 3.05) is 11.9 Å². The van der Waals surface area contributed by atoms with Crippen molar-refractivity contribution in [2.24, 2.45) is 5.10 Å². The maximum absolute atomic E-state index is 12.8. The van der Waals surface area contributed by atoms with Gasteiger partial charge in [-0.2, -0.15) is 5.10 Å². The molecule has 0 saturated heterocycles. The van der Waals surface area contributed by atoms with Crippen LogP contribution in [0.15, 0.2) is 77.9 Å². The summed E-state index contributed by atoms with van der Waals surface area (Å²) in [5.74, 6) is -0.593. The number of nitrogens with zero attached hydrogens (tertiary/aromatic N) is 2. The summed E-state index contributed by atoms with van der Waals surface area (Å²) in [5, 5.41) is 9.61. The minimum atomic E-state index is -4.79. The second-order valence-electron chi connectivity index (χ2n) is 7.18. The lowest BCUT2D eigenvalue weighted by Crippen LogP contribution is -2.30. The predicted octanol–water partition coefficient (Wildman–Crippen LogP) is 6.93. The van der Waals surface area contributed by atoms with Gasteiger partial charge in [-0.3, -0.25) is 0 Å². The maximum atomic E-state index is 12.8. The Morgan fingerprint density at radius 3 is 2.09 bits per heavy atom. The second-order valence-corrected chi connectivity index (χ2v) is 8.05. The number of benzene rings is 3. The van der Waals surface area contributed by atoms with E-state index in [9.17, 15) is 18.0 Å². The van der Waals surface area contributed by atoms with E-state index in [0.29, 0.717) is 21.4 Å². The van der Waals surface area contributed by atoms with Crippen LogP contribution in [0.25, 0.3) is 0 Å². The van der Waals surface area contributed by atoms with Gasteiger partial charge < -0.3 is 10.1 Å². The summed E-state index contributed by atoms with van der Waals surface area (Å²) >= 11 is 12.0. The number of nitrogens with one attached hydrogen (secondary N) is 1. The minimum absolute atomic E-state index is 0.211. The van der Waals surface area contributed by atoms with E-state index in [4.69, 9.17) is 23.2 Å². The van der Waals surface area contributed by atoms with Gasteiger partial charge in [-0.25, -0.2) is 9.80 Å². The first kappa shape index (κ1) is 22.9. The van der Waals surface area contributed by atoms with Gasteiger partial charge in [0.05, 0.1) is 12.3 Å². The van der Waals surface area contributed by atoms with Crippen LogP contribution < -0.4 is 10.1 Å². The average Bonchev–Trinajstić information content (AvgIpc) is 3.21. The number of halogens is 5. The van der Waals surface area contributed by atoms with Crippen LogP contribution in [-0.4, -0.2) is 29.7 Å². The van der Waals surface area contributed by atoms with Crippen LogP contribution >= 0.6 is 23.2 Å². The molecular formula is C23H16Cl2F3N3O2. The monoisotopic (exact) mass is 493 g/mol. The van der Waals surface area contributed by atoms with E-state index in [2.05, 4.69) is 15.2 Å². The lowest BCUT2D eigenvalue weighted by Gasteiger charge is -2.16. The molecule has 10 heteroatoms. The zero-order valence-corrected chi connectivity index (χ0v) is 18.3. The number of rotatable bonds is 4. The number of hydrazone groups is 1. The Kier molecular flexibility index (Phi) is 6.49. The summed E-state index contributed by atoms with van der Waals surface area (Å²) in [7, 11) is 0. The van der Waals surface area contributed by atoms with Crippen molar-refractivity contribution in [3.05, 3.63) is 94.0 Å². The molecule has 3 aromatic rings. The molecule has 33 heavy (non-hydrogen) atoms. The molecule has 1 aliphatic heterocycles. The molecule has 0 fully saturated rings. The molecule has 0 saturated carbocycles. The smallest absolute Gasteiger partial charge is 0.406 e. The number of hydrogen-bond donors (Lipinski definition) is 1. The third-order valence-electron chi connectivity index (χ3n) is 4.90. The van der Waals surface area contributed by atoms with Gasteiger partial charge in [0.15, 0.2) is 0 Å². The van der Waals surface area contributed by atoms with Gasteiger partial charge >= 0.3 is 12.4 Å². The number of anilines is 1. The highest BCUT2D eigenvalue weighted by molar-refractivity contribution is 6.31. The summed E-state index contributed by atoms with van der Waals surface area (Å²) in [6.07, 6.45) is -4.79. The van der Waals surface area contributed by atoms with Gasteiger partial charge in [0.25, 0.3) is 0 Å². The van der Waals surface area contributed by atoms with Gasteiger partial charge in [0.1, 0.15) is 5.75 Å². The summed E-state index contributed by atoms with van der Waals surface area (Å²) in [6.45, 7) is 0.265. The molecule has 0 aromatic heterocycles. The fraction of sp³-hybridized carbons (Fsp3) is 0.130. The molecule has 0 radical (unpaired) electrons. The highest BCUT2D eigenvalue weighted by Gasteiger charge is 2.33. The maximum Gasteiger partial charge on any atom is 0.573 e. The zero-order valence-electron chi connectivity index (χ0n) is 16.8. The van der Waals surface area contributed by atoms with Crippen molar-refractivity contribution in [3.63, 3.8) is 0 Å². The third kappa shape index (κ3) is 5.77. The summed E-state index contributed by atoms with van der Waals surface area (Å²) in [5.41, 5.74) is 2.71. The number of ether oxygens (including phenoxy) is 1. The molecule has 0 bridgehead atoms. The van der Waals surface area contributed by atoms with Gasteiger partial charge in [0, 0.05) is 21.7 Å². The third-order valence-corrected chi connectivity index (χ3v) is 5.40. The molecule has 3 aromatic carbocycles. The highest BCUT2D eigenvalue weighted by atomic mass is 35.5.